The third-order valence-electron chi connectivity index (χ3n) is 5.40. The molecule has 2 aromatic rings. The van der Waals surface area contributed by atoms with E-state index in [0.717, 1.165) is 29.9 Å². The molecule has 1 fully saturated rings. The first-order valence-corrected chi connectivity index (χ1v) is 10.5. The molecule has 9 nitrogen and oxygen atoms in total. The second kappa shape index (κ2) is 8.13. The molecule has 1 saturated heterocycles. The molecule has 31 heavy (non-hydrogen) atoms. The summed E-state index contributed by atoms with van der Waals surface area (Å²) in [5, 5.41) is 9.51. The van der Waals surface area contributed by atoms with Crippen LogP contribution in [-0.2, 0) is 17.6 Å². The highest BCUT2D eigenvalue weighted by Crippen LogP contribution is 2.27. The first-order valence-electron chi connectivity index (χ1n) is 10.5. The van der Waals surface area contributed by atoms with Crippen LogP contribution in [-0.4, -0.2) is 68.8 Å². The fraction of sp³-hybridized carbons (Fsp3) is 0.500. The van der Waals surface area contributed by atoms with Gasteiger partial charge in [-0.3, -0.25) is 0 Å². The smallest absolute Gasteiger partial charge is 0.410 e. The van der Waals surface area contributed by atoms with Crippen molar-refractivity contribution >= 4 is 17.9 Å². The van der Waals surface area contributed by atoms with Crippen LogP contribution in [0.25, 0.3) is 11.4 Å². The van der Waals surface area contributed by atoms with E-state index in [0.29, 0.717) is 44.0 Å². The zero-order valence-corrected chi connectivity index (χ0v) is 18.1. The molecular formula is C22H27N5O4. The van der Waals surface area contributed by atoms with Crippen molar-refractivity contribution < 1.29 is 19.4 Å². The summed E-state index contributed by atoms with van der Waals surface area (Å²) in [6, 6.07) is 3.75. The topological polar surface area (TPSA) is 109 Å². The summed E-state index contributed by atoms with van der Waals surface area (Å²) in [6.07, 6.45) is 3.78. The Bertz CT molecular complexity index is 992. The number of rotatable bonds is 3. The highest BCUT2D eigenvalue weighted by molar-refractivity contribution is 5.88. The molecule has 1 amide bonds. The maximum absolute atomic E-state index is 12.2. The zero-order valence-electron chi connectivity index (χ0n) is 18.1. The summed E-state index contributed by atoms with van der Waals surface area (Å²) >= 11 is 0. The van der Waals surface area contributed by atoms with E-state index in [1.165, 1.54) is 0 Å². The molecule has 0 atom stereocenters. The van der Waals surface area contributed by atoms with Gasteiger partial charge in [0.2, 0.25) is 0 Å². The monoisotopic (exact) mass is 425 g/mol. The van der Waals surface area contributed by atoms with Gasteiger partial charge < -0.3 is 19.6 Å². The fourth-order valence-corrected chi connectivity index (χ4v) is 3.89. The van der Waals surface area contributed by atoms with Crippen molar-refractivity contribution in [3.8, 4) is 11.4 Å². The van der Waals surface area contributed by atoms with E-state index in [1.807, 2.05) is 32.9 Å². The number of pyridine rings is 1. The average Bonchev–Trinajstić information content (AvgIpc) is 3.20. The number of aromatic nitrogens is 3. The average molecular weight is 425 g/mol. The van der Waals surface area contributed by atoms with Crippen LogP contribution in [0.15, 0.2) is 18.3 Å². The van der Waals surface area contributed by atoms with Crippen LogP contribution in [0.4, 0.5) is 10.6 Å². The Labute approximate surface area is 181 Å². The summed E-state index contributed by atoms with van der Waals surface area (Å²) in [4.78, 5) is 41.1. The number of nitrogens with zero attached hydrogens (tertiary/aromatic N) is 5. The Kier molecular flexibility index (Phi) is 5.51. The van der Waals surface area contributed by atoms with Gasteiger partial charge >= 0.3 is 12.1 Å². The molecule has 3 heterocycles. The maximum Gasteiger partial charge on any atom is 0.410 e. The highest BCUT2D eigenvalue weighted by Gasteiger charge is 2.27. The van der Waals surface area contributed by atoms with Crippen molar-refractivity contribution in [3.05, 3.63) is 35.3 Å². The first-order chi connectivity index (χ1) is 14.7. The Morgan fingerprint density at radius 1 is 1.06 bits per heavy atom. The summed E-state index contributed by atoms with van der Waals surface area (Å²) < 4.78 is 5.44. The van der Waals surface area contributed by atoms with Gasteiger partial charge in [-0.1, -0.05) is 0 Å². The minimum absolute atomic E-state index is 0.0971. The van der Waals surface area contributed by atoms with E-state index < -0.39 is 11.6 Å². The molecule has 2 aliphatic rings. The molecule has 2 aromatic heterocycles. The minimum atomic E-state index is -1.02. The maximum atomic E-state index is 12.2. The van der Waals surface area contributed by atoms with Crippen molar-refractivity contribution in [2.45, 2.75) is 45.6 Å². The Hall–Kier alpha value is -3.23. The van der Waals surface area contributed by atoms with Gasteiger partial charge in [-0.25, -0.2) is 24.5 Å². The second-order valence-electron chi connectivity index (χ2n) is 8.84. The van der Waals surface area contributed by atoms with Crippen LogP contribution < -0.4 is 4.90 Å². The van der Waals surface area contributed by atoms with Crippen LogP contribution in [0.3, 0.4) is 0 Å². The van der Waals surface area contributed by atoms with Crippen molar-refractivity contribution in [1.82, 2.24) is 19.9 Å². The van der Waals surface area contributed by atoms with E-state index in [4.69, 9.17) is 4.74 Å². The molecule has 1 aliphatic heterocycles. The van der Waals surface area contributed by atoms with Gasteiger partial charge in [0.25, 0.3) is 0 Å². The fourth-order valence-electron chi connectivity index (χ4n) is 3.89. The number of aromatic carboxylic acids is 1. The lowest BCUT2D eigenvalue weighted by Gasteiger charge is -2.36. The quantitative estimate of drug-likeness (QED) is 0.800. The number of fused-ring (bicyclic) bond motifs is 1. The van der Waals surface area contributed by atoms with Gasteiger partial charge in [-0.05, 0) is 52.2 Å². The van der Waals surface area contributed by atoms with Crippen molar-refractivity contribution in [1.29, 1.82) is 0 Å². The number of hydrogen-bond donors (Lipinski definition) is 1. The molecule has 9 heteroatoms. The number of ether oxygens (including phenoxy) is 1. The van der Waals surface area contributed by atoms with Crippen LogP contribution >= 0.6 is 0 Å². The van der Waals surface area contributed by atoms with Crippen LogP contribution in [0.1, 0.15) is 48.9 Å². The zero-order chi connectivity index (χ0) is 22.2. The third kappa shape index (κ3) is 4.60. The molecule has 0 aromatic carbocycles. The molecule has 0 saturated carbocycles. The number of carboxylic acids is 1. The number of carboxylic acid groups (broad SMARTS) is 1. The molecule has 0 bridgehead atoms. The van der Waals surface area contributed by atoms with E-state index in [-0.39, 0.29) is 11.8 Å². The highest BCUT2D eigenvalue weighted by atomic mass is 16.6. The van der Waals surface area contributed by atoms with Gasteiger partial charge in [-0.2, -0.15) is 0 Å². The second-order valence-corrected chi connectivity index (χ2v) is 8.84. The number of carbonyl (C=O) groups is 2. The van der Waals surface area contributed by atoms with E-state index >= 15 is 0 Å². The number of carbonyl (C=O) groups excluding carboxylic acids is 1. The predicted octanol–water partition coefficient (Wildman–Crippen LogP) is 2.78. The predicted molar refractivity (Wildman–Crippen MR) is 114 cm³/mol. The number of hydrogen-bond acceptors (Lipinski definition) is 7. The number of amides is 1. The third-order valence-corrected chi connectivity index (χ3v) is 5.40. The molecular weight excluding hydrogens is 398 g/mol. The van der Waals surface area contributed by atoms with E-state index in [1.54, 1.807) is 11.1 Å². The lowest BCUT2D eigenvalue weighted by Crippen LogP contribution is -2.50. The lowest BCUT2D eigenvalue weighted by atomic mass is 10.1. The molecule has 0 spiro atoms. The summed E-state index contributed by atoms with van der Waals surface area (Å²) in [5.41, 5.74) is 1.85. The van der Waals surface area contributed by atoms with Gasteiger partial charge in [-0.15, -0.1) is 0 Å². The van der Waals surface area contributed by atoms with Crippen LogP contribution in [0, 0.1) is 0 Å². The largest absolute Gasteiger partial charge is 0.476 e. The number of anilines is 1. The van der Waals surface area contributed by atoms with Crippen LogP contribution in [0.2, 0.25) is 0 Å². The Morgan fingerprint density at radius 3 is 2.42 bits per heavy atom. The first kappa shape index (κ1) is 21.0. The van der Waals surface area contributed by atoms with Gasteiger partial charge in [0.05, 0.1) is 0 Å². The Morgan fingerprint density at radius 2 is 1.81 bits per heavy atom. The number of piperazine rings is 1. The van der Waals surface area contributed by atoms with Crippen LogP contribution in [0.5, 0.6) is 0 Å². The molecule has 164 valence electrons. The minimum Gasteiger partial charge on any atom is -0.476 e. The molecule has 1 aliphatic carbocycles. The standard InChI is InChI=1S/C22H27N5O4/c1-22(2,3)31-21(30)27-11-9-26(10-12-27)17-8-7-14(13-23-17)19-24-16-6-4-5-15(16)18(25-19)20(28)29/h7-8,13H,4-6,9-12H2,1-3H3,(H,28,29). The number of aryl methyl sites for hydroxylation is 1. The lowest BCUT2D eigenvalue weighted by molar-refractivity contribution is 0.0240. The van der Waals surface area contributed by atoms with Gasteiger partial charge in [0.15, 0.2) is 11.5 Å². The Balaban J connectivity index is 1.45. The molecule has 0 radical (unpaired) electrons. The van der Waals surface area contributed by atoms with Crippen molar-refractivity contribution in [2.24, 2.45) is 0 Å². The molecule has 1 N–H and O–H groups in total. The van der Waals surface area contributed by atoms with Gasteiger partial charge in [0, 0.05) is 49.2 Å². The van der Waals surface area contributed by atoms with E-state index in [2.05, 4.69) is 19.9 Å². The van der Waals surface area contributed by atoms with Crippen molar-refractivity contribution in [2.75, 3.05) is 31.1 Å². The molecule has 0 unspecified atom stereocenters. The molecule has 4 rings (SSSR count). The van der Waals surface area contributed by atoms with E-state index in [9.17, 15) is 14.7 Å². The summed E-state index contributed by atoms with van der Waals surface area (Å²) in [6.45, 7) is 8.01. The SMILES string of the molecule is CC(C)(C)OC(=O)N1CCN(c2ccc(-c3nc4c(c(C(=O)O)n3)CCC4)cn2)CC1. The summed E-state index contributed by atoms with van der Waals surface area (Å²) in [5.74, 6) is 0.174. The van der Waals surface area contributed by atoms with Gasteiger partial charge in [0.1, 0.15) is 11.4 Å². The summed E-state index contributed by atoms with van der Waals surface area (Å²) in [7, 11) is 0. The normalized spacial score (nSPS) is 16.2. The van der Waals surface area contributed by atoms with Crippen molar-refractivity contribution in [3.63, 3.8) is 0 Å².